The predicted octanol–water partition coefficient (Wildman–Crippen LogP) is 10.9. The molecule has 3 aliphatic heterocycles. The number of anilines is 4. The molecule has 0 spiro atoms. The summed E-state index contributed by atoms with van der Waals surface area (Å²) < 4.78 is 17.7. The van der Waals surface area contributed by atoms with Crippen molar-refractivity contribution in [2.45, 2.75) is 101 Å². The van der Waals surface area contributed by atoms with Crippen LogP contribution in [-0.2, 0) is 4.74 Å². The van der Waals surface area contributed by atoms with E-state index in [4.69, 9.17) is 34.1 Å². The number of benzene rings is 4. The second-order valence-corrected chi connectivity index (χ2v) is 21.2. The molecule has 5 fully saturated rings. The number of rotatable bonds is 16. The third kappa shape index (κ3) is 9.83. The highest BCUT2D eigenvalue weighted by Gasteiger charge is 2.38. The van der Waals surface area contributed by atoms with Gasteiger partial charge in [-0.15, -0.1) is 0 Å². The first-order chi connectivity index (χ1) is 34.8. The van der Waals surface area contributed by atoms with Gasteiger partial charge in [0, 0.05) is 107 Å². The minimum Gasteiger partial charge on any atom is -0.496 e. The first kappa shape index (κ1) is 47.6. The van der Waals surface area contributed by atoms with Crippen molar-refractivity contribution in [3.8, 4) is 11.5 Å². The zero-order valence-electron chi connectivity index (χ0n) is 43.0. The van der Waals surface area contributed by atoms with E-state index >= 15 is 0 Å². The molecule has 374 valence electrons. The molecular weight excluding hydrogens is 883 g/mol. The zero-order chi connectivity index (χ0) is 48.4. The van der Waals surface area contributed by atoms with Gasteiger partial charge in [0.2, 0.25) is 0 Å². The zero-order valence-corrected chi connectivity index (χ0v) is 43.0. The second-order valence-electron chi connectivity index (χ2n) is 21.2. The van der Waals surface area contributed by atoms with Gasteiger partial charge in [-0.2, -0.15) is 0 Å². The quantitative estimate of drug-likeness (QED) is 0.0924. The lowest BCUT2D eigenvalue weighted by Crippen LogP contribution is -2.40. The Morgan fingerprint density at radius 1 is 0.563 bits per heavy atom. The second kappa shape index (κ2) is 21.2. The van der Waals surface area contributed by atoms with Gasteiger partial charge in [-0.05, 0) is 141 Å². The Balaban J connectivity index is 0.812. The Morgan fingerprint density at radius 3 is 1.72 bits per heavy atom. The summed E-state index contributed by atoms with van der Waals surface area (Å²) >= 11 is 0. The van der Waals surface area contributed by atoms with Crippen molar-refractivity contribution in [3.05, 3.63) is 107 Å². The van der Waals surface area contributed by atoms with E-state index in [-0.39, 0.29) is 5.92 Å². The van der Waals surface area contributed by atoms with E-state index in [1.54, 1.807) is 7.11 Å². The highest BCUT2D eigenvalue weighted by Crippen LogP contribution is 2.51. The number of likely N-dealkylation sites (N-methyl/N-ethyl adjacent to an activating group) is 1. The first-order valence-corrected chi connectivity index (χ1v) is 27.0. The van der Waals surface area contributed by atoms with Crippen LogP contribution in [0.3, 0.4) is 0 Å². The van der Waals surface area contributed by atoms with E-state index < -0.39 is 0 Å². The Morgan fingerprint density at radius 2 is 1.14 bits per heavy atom. The molecule has 11 rings (SSSR count). The monoisotopic (exact) mass is 958 g/mol. The number of ether oxygens (including phenoxy) is 3. The van der Waals surface area contributed by atoms with Crippen molar-refractivity contribution in [3.63, 3.8) is 0 Å². The van der Waals surface area contributed by atoms with Crippen molar-refractivity contribution in [1.29, 1.82) is 0 Å². The Bertz CT molecular complexity index is 2800. The van der Waals surface area contributed by atoms with Gasteiger partial charge >= 0.3 is 0 Å². The Labute approximate surface area is 421 Å². The maximum absolute atomic E-state index is 6.28. The lowest BCUT2D eigenvalue weighted by atomic mass is 9.69. The van der Waals surface area contributed by atoms with Crippen molar-refractivity contribution in [1.82, 2.24) is 24.8 Å². The Hall–Kier alpha value is -5.72. The van der Waals surface area contributed by atoms with Crippen molar-refractivity contribution >= 4 is 44.8 Å². The topological polar surface area (TPSA) is 95.5 Å². The number of hydrogen-bond donors (Lipinski definition) is 0. The van der Waals surface area contributed by atoms with Gasteiger partial charge in [-0.25, -0.2) is 19.9 Å². The molecule has 2 unspecified atom stereocenters. The highest BCUT2D eigenvalue weighted by molar-refractivity contribution is 5.93. The molecule has 12 nitrogen and oxygen atoms in total. The van der Waals surface area contributed by atoms with Crippen LogP contribution in [0.15, 0.2) is 78.9 Å². The van der Waals surface area contributed by atoms with Crippen LogP contribution in [-0.4, -0.2) is 125 Å². The van der Waals surface area contributed by atoms with Crippen molar-refractivity contribution < 1.29 is 14.2 Å². The molecular formula is C59H75N9O3. The smallest absolute Gasteiger partial charge is 0.140 e. The summed E-state index contributed by atoms with van der Waals surface area (Å²) in [5.41, 5.74) is 8.51. The normalized spacial score (nSPS) is 20.5. The van der Waals surface area contributed by atoms with Crippen LogP contribution in [0.25, 0.3) is 21.8 Å². The molecule has 2 atom stereocenters. The fourth-order valence-corrected chi connectivity index (χ4v) is 12.2. The van der Waals surface area contributed by atoms with Crippen LogP contribution in [0.5, 0.6) is 11.5 Å². The molecule has 12 heteroatoms. The molecule has 2 aliphatic carbocycles. The summed E-state index contributed by atoms with van der Waals surface area (Å²) in [4.78, 5) is 33.8. The van der Waals surface area contributed by atoms with Gasteiger partial charge in [0.1, 0.15) is 34.8 Å². The van der Waals surface area contributed by atoms with Crippen LogP contribution in [0.4, 0.5) is 23.0 Å². The standard InChI is InChI=1S/C59H75N9O3/c1-6-26-64(2)44-15-21-53-51(38-44)59(68-27-22-40(23-28-68)47-12-7-8-13-54(47)69-4)63-57(61-53)49-19-18-46(49)43-14-17-48(55(37-43)70-5)41-24-29-67(30-25-41)58-50-39-45(65(3)31-32-66-33-35-71-36-34-66)16-20-52(50)60-56(62-58)42-10-9-11-42/h7-8,12-17,20-21,37-42,46,49H,6,9-11,18-19,22-36H2,1-5H3. The molecule has 6 aromatic rings. The van der Waals surface area contributed by atoms with E-state index in [1.165, 1.54) is 52.7 Å². The van der Waals surface area contributed by atoms with E-state index in [0.29, 0.717) is 23.7 Å². The molecule has 0 amide bonds. The lowest BCUT2D eigenvalue weighted by molar-refractivity contribution is 0.0393. The first-order valence-electron chi connectivity index (χ1n) is 27.0. The summed E-state index contributed by atoms with van der Waals surface area (Å²) in [5, 5.41) is 2.32. The summed E-state index contributed by atoms with van der Waals surface area (Å²) in [7, 11) is 8.04. The van der Waals surface area contributed by atoms with Gasteiger partial charge in [0.25, 0.3) is 0 Å². The minimum atomic E-state index is 0.253. The van der Waals surface area contributed by atoms with Crippen molar-refractivity contribution in [2.75, 3.05) is 120 Å². The molecule has 3 saturated heterocycles. The summed E-state index contributed by atoms with van der Waals surface area (Å²) in [5.74, 6) is 8.14. The highest BCUT2D eigenvalue weighted by atomic mass is 16.5. The molecule has 5 aliphatic rings. The fourth-order valence-electron chi connectivity index (χ4n) is 12.2. The molecule has 71 heavy (non-hydrogen) atoms. The minimum absolute atomic E-state index is 0.253. The largest absolute Gasteiger partial charge is 0.496 e. The van der Waals surface area contributed by atoms with Crippen LogP contribution < -0.4 is 29.1 Å². The van der Waals surface area contributed by atoms with E-state index in [9.17, 15) is 0 Å². The number of fused-ring (bicyclic) bond motifs is 2. The predicted molar refractivity (Wildman–Crippen MR) is 289 cm³/mol. The molecule has 0 N–H and O–H groups in total. The van der Waals surface area contributed by atoms with E-state index in [2.05, 4.69) is 124 Å². The fraction of sp³-hybridized carbons (Fsp3) is 0.525. The maximum Gasteiger partial charge on any atom is 0.140 e. The molecule has 4 aromatic carbocycles. The molecule has 2 saturated carbocycles. The number of methoxy groups -OCH3 is 2. The lowest BCUT2D eigenvalue weighted by Gasteiger charge is -2.38. The summed E-state index contributed by atoms with van der Waals surface area (Å²) in [6, 6.07) is 29.3. The third-order valence-electron chi connectivity index (χ3n) is 17.0. The number of morpholine rings is 1. The van der Waals surface area contributed by atoms with Gasteiger partial charge in [-0.3, -0.25) is 4.90 Å². The molecule has 0 bridgehead atoms. The van der Waals surface area contributed by atoms with Crippen LogP contribution in [0.1, 0.15) is 129 Å². The van der Waals surface area contributed by atoms with E-state index in [1.807, 2.05) is 7.11 Å². The molecule has 0 radical (unpaired) electrons. The summed E-state index contributed by atoms with van der Waals surface area (Å²) in [6.07, 6.45) is 11.1. The van der Waals surface area contributed by atoms with Crippen LogP contribution in [0, 0.1) is 0 Å². The maximum atomic E-state index is 6.28. The van der Waals surface area contributed by atoms with Gasteiger partial charge in [-0.1, -0.05) is 43.7 Å². The third-order valence-corrected chi connectivity index (χ3v) is 17.0. The SMILES string of the molecule is CCCN(C)c1ccc2nc(C3CCC3c3ccc(C4CCN(c5nc(C6CCC6)nc6ccc(N(C)CCN7CCOCC7)cc56)CC4)c(OC)c3)nc(N3CCC(c4ccccc4OC)CC3)c2c1. The van der Waals surface area contributed by atoms with Gasteiger partial charge < -0.3 is 33.8 Å². The molecule has 2 aromatic heterocycles. The molecule has 5 heterocycles. The Kier molecular flexibility index (Phi) is 14.2. The van der Waals surface area contributed by atoms with Crippen LogP contribution in [0.2, 0.25) is 0 Å². The van der Waals surface area contributed by atoms with Gasteiger partial charge in [0.05, 0.1) is 38.5 Å². The van der Waals surface area contributed by atoms with E-state index in [0.717, 1.165) is 168 Å². The van der Waals surface area contributed by atoms with Crippen LogP contribution >= 0.6 is 0 Å². The number of nitrogens with zero attached hydrogens (tertiary/aromatic N) is 9. The number of piperidine rings is 2. The average Bonchev–Trinajstić information content (AvgIpc) is 3.39. The van der Waals surface area contributed by atoms with Crippen molar-refractivity contribution in [2.24, 2.45) is 0 Å². The average molecular weight is 958 g/mol. The number of para-hydroxylation sites is 1. The number of hydrogen-bond acceptors (Lipinski definition) is 12. The number of aromatic nitrogens is 4. The summed E-state index contributed by atoms with van der Waals surface area (Å²) in [6.45, 7) is 12.7. The van der Waals surface area contributed by atoms with Gasteiger partial charge in [0.15, 0.2) is 0 Å².